The number of thiazole rings is 1. The predicted octanol–water partition coefficient (Wildman–Crippen LogP) is 4.98. The van der Waals surface area contributed by atoms with Gasteiger partial charge in [-0.25, -0.2) is 10.4 Å². The first-order chi connectivity index (χ1) is 31.8. The van der Waals surface area contributed by atoms with Gasteiger partial charge in [0.2, 0.25) is 11.8 Å². The van der Waals surface area contributed by atoms with Crippen LogP contribution in [0.4, 0.5) is 5.69 Å². The highest BCUT2D eigenvalue weighted by Crippen LogP contribution is 2.43. The van der Waals surface area contributed by atoms with E-state index in [1.165, 1.54) is 23.3 Å². The zero-order valence-corrected chi connectivity index (χ0v) is 40.1. The number of fused-ring (bicyclic) bond motifs is 7. The lowest BCUT2D eigenvalue weighted by Crippen LogP contribution is -2.61. The van der Waals surface area contributed by atoms with Crippen molar-refractivity contribution in [3.63, 3.8) is 0 Å². The van der Waals surface area contributed by atoms with Crippen LogP contribution in [0.15, 0.2) is 35.8 Å². The van der Waals surface area contributed by atoms with Crippen molar-refractivity contribution < 1.29 is 33.4 Å². The molecule has 0 radical (unpaired) electrons. The smallest absolute Gasteiger partial charge is 0.324 e. The number of rotatable bonds is 7. The van der Waals surface area contributed by atoms with Gasteiger partial charge in [-0.3, -0.25) is 34.1 Å². The van der Waals surface area contributed by atoms with Crippen molar-refractivity contribution in [3.8, 4) is 22.5 Å². The number of hydrazine groups is 1. The monoisotopic (exact) mass is 923 g/mol. The minimum Gasteiger partial charge on any atom is -0.464 e. The third-order valence-corrected chi connectivity index (χ3v) is 15.1. The van der Waals surface area contributed by atoms with Gasteiger partial charge in [0.05, 0.1) is 71.9 Å². The van der Waals surface area contributed by atoms with E-state index in [4.69, 9.17) is 24.2 Å². The maximum Gasteiger partial charge on any atom is 0.324 e. The van der Waals surface area contributed by atoms with Gasteiger partial charge in [0.25, 0.3) is 5.91 Å². The molecule has 4 fully saturated rings. The Bertz CT molecular complexity index is 2470. The number of hydrogen-bond donors (Lipinski definition) is 2. The molecule has 3 aromatic heterocycles. The number of hydrogen-bond acceptors (Lipinski definition) is 13. The van der Waals surface area contributed by atoms with Crippen LogP contribution in [0.25, 0.3) is 33.4 Å². The Morgan fingerprint density at radius 1 is 1.08 bits per heavy atom. The fraction of sp³-hybridized carbons (Fsp3) is 0.592. The summed E-state index contributed by atoms with van der Waals surface area (Å²) in [5.74, 6) is -1.55. The van der Waals surface area contributed by atoms with Gasteiger partial charge in [0.1, 0.15) is 12.1 Å². The topological polar surface area (TPSA) is 164 Å². The van der Waals surface area contributed by atoms with Crippen LogP contribution in [0.5, 0.6) is 0 Å². The molecule has 354 valence electrons. The van der Waals surface area contributed by atoms with Crippen LogP contribution in [-0.2, 0) is 52.8 Å². The minimum atomic E-state index is -0.951. The number of carbonyl (C=O) groups is 4. The Morgan fingerprint density at radius 3 is 2.71 bits per heavy atom. The molecular formula is C49H65N9O7S. The highest BCUT2D eigenvalue weighted by atomic mass is 32.1. The Hall–Kier alpha value is -4.94. The lowest BCUT2D eigenvalue weighted by molar-refractivity contribution is -0.155. The summed E-state index contributed by atoms with van der Waals surface area (Å²) in [7, 11) is 1.72. The number of aromatic nitrogens is 3. The number of nitrogens with zero attached hydrogens (tertiary/aromatic N) is 7. The molecule has 0 spiro atoms. The Labute approximate surface area is 391 Å². The van der Waals surface area contributed by atoms with Crippen molar-refractivity contribution in [2.24, 2.45) is 11.3 Å². The number of morpholine rings is 1. The summed E-state index contributed by atoms with van der Waals surface area (Å²) in [4.78, 5) is 71.5. The number of benzene rings is 1. The second-order valence-electron chi connectivity index (χ2n) is 19.5. The number of aryl methyl sites for hydroxylation is 1. The highest BCUT2D eigenvalue weighted by molar-refractivity contribution is 7.10. The van der Waals surface area contributed by atoms with Crippen molar-refractivity contribution in [1.29, 1.82) is 0 Å². The summed E-state index contributed by atoms with van der Waals surface area (Å²) in [6.07, 6.45) is 4.87. The van der Waals surface area contributed by atoms with Crippen molar-refractivity contribution in [3.05, 3.63) is 52.1 Å². The Kier molecular flexibility index (Phi) is 13.5. The SMILES string of the molecule is CCn1c(-c2cc(N3CCN4CCOC[C@@H]4C3)cnc2[C@H](C)OC)c2c3cc(ccc31)-c1csc(n1)C[C@H](NC(=O)[C@@H]1CCCN(C(C)=O)C1)C(=O)N1CCC[C@H](N1)C(=O)OCC(C)(C)C2. The van der Waals surface area contributed by atoms with Gasteiger partial charge in [-0.15, -0.1) is 11.3 Å². The molecule has 5 atom stereocenters. The number of nitrogens with one attached hydrogen (secondary N) is 2. The van der Waals surface area contributed by atoms with Gasteiger partial charge >= 0.3 is 5.97 Å². The maximum atomic E-state index is 14.4. The van der Waals surface area contributed by atoms with Crippen LogP contribution in [0, 0.1) is 11.3 Å². The van der Waals surface area contributed by atoms with E-state index in [-0.39, 0.29) is 36.9 Å². The standard InChI is InChI=1S/C49H65N9O7S/c1-7-57-42-13-12-32-20-36(42)38(45(57)37-21-34(24-50-44(37)30(2)63-6)56-17-16-54-18-19-64-27-35(54)26-56)23-49(4,5)29-65-48(62)39-11-9-15-58(53-39)47(61)40(22-43-51-41(32)28-66-43)52-46(60)33-10-8-14-55(25-33)31(3)59/h12-13,20-21,24,28,30,33,35,39-40,53H,7-11,14-19,22-23,25-27,29H2,1-6H3,(H,52,60)/t30-,33+,35-,39-,40-/m0/s1. The molecule has 9 rings (SSSR count). The van der Waals surface area contributed by atoms with E-state index in [2.05, 4.69) is 70.1 Å². The van der Waals surface area contributed by atoms with Gasteiger partial charge in [0.15, 0.2) is 0 Å². The molecule has 6 bridgehead atoms. The molecule has 5 aliphatic heterocycles. The number of methoxy groups -OCH3 is 1. The zero-order chi connectivity index (χ0) is 46.3. The molecule has 66 heavy (non-hydrogen) atoms. The third-order valence-electron chi connectivity index (χ3n) is 14.3. The van der Waals surface area contributed by atoms with Gasteiger partial charge in [-0.05, 0) is 69.7 Å². The summed E-state index contributed by atoms with van der Waals surface area (Å²) in [6.45, 7) is 17.3. The summed E-state index contributed by atoms with van der Waals surface area (Å²) in [6, 6.07) is 7.43. The summed E-state index contributed by atoms with van der Waals surface area (Å²) < 4.78 is 20.5. The average Bonchev–Trinajstić information content (AvgIpc) is 3.93. The average molecular weight is 924 g/mol. The number of cyclic esters (lactones) is 1. The van der Waals surface area contributed by atoms with E-state index < -0.39 is 29.4 Å². The second kappa shape index (κ2) is 19.3. The maximum absolute atomic E-state index is 14.4. The van der Waals surface area contributed by atoms with Crippen LogP contribution >= 0.6 is 11.3 Å². The van der Waals surface area contributed by atoms with Gasteiger partial charge < -0.3 is 33.9 Å². The van der Waals surface area contributed by atoms with Crippen molar-refractivity contribution in [1.82, 2.24) is 40.1 Å². The van der Waals surface area contributed by atoms with Crippen LogP contribution < -0.4 is 15.6 Å². The Balaban J connectivity index is 1.13. The van der Waals surface area contributed by atoms with Gasteiger partial charge in [-0.1, -0.05) is 19.9 Å². The van der Waals surface area contributed by atoms with E-state index in [0.717, 1.165) is 89.8 Å². The van der Waals surface area contributed by atoms with Crippen molar-refractivity contribution >= 4 is 51.6 Å². The number of piperidine rings is 1. The number of likely N-dealkylation sites (tertiary alicyclic amines) is 1. The molecule has 3 amide bonds. The first-order valence-electron chi connectivity index (χ1n) is 23.8. The molecule has 0 unspecified atom stereocenters. The third kappa shape index (κ3) is 9.46. The molecule has 4 aromatic rings. The predicted molar refractivity (Wildman–Crippen MR) is 253 cm³/mol. The Morgan fingerprint density at radius 2 is 1.91 bits per heavy atom. The van der Waals surface area contributed by atoms with E-state index in [9.17, 15) is 19.2 Å². The van der Waals surface area contributed by atoms with Crippen LogP contribution in [0.1, 0.15) is 82.7 Å². The van der Waals surface area contributed by atoms with Gasteiger partial charge in [-0.2, -0.15) is 0 Å². The number of piperazine rings is 1. The lowest BCUT2D eigenvalue weighted by Gasteiger charge is -2.44. The molecule has 5 aliphatic rings. The molecule has 17 heteroatoms. The minimum absolute atomic E-state index is 0.0712. The van der Waals surface area contributed by atoms with Crippen LogP contribution in [0.2, 0.25) is 0 Å². The molecule has 8 heterocycles. The summed E-state index contributed by atoms with van der Waals surface area (Å²) in [5.41, 5.74) is 10.6. The molecule has 4 saturated heterocycles. The molecule has 16 nitrogen and oxygen atoms in total. The van der Waals surface area contributed by atoms with Crippen LogP contribution in [-0.4, -0.2) is 144 Å². The number of amides is 3. The normalized spacial score (nSPS) is 24.7. The number of anilines is 1. The van der Waals surface area contributed by atoms with Crippen molar-refractivity contribution in [2.45, 2.75) is 104 Å². The van der Waals surface area contributed by atoms with Crippen LogP contribution in [0.3, 0.4) is 0 Å². The van der Waals surface area contributed by atoms with E-state index in [1.807, 2.05) is 18.5 Å². The van der Waals surface area contributed by atoms with E-state index >= 15 is 0 Å². The zero-order valence-electron chi connectivity index (χ0n) is 39.3. The fourth-order valence-corrected chi connectivity index (χ4v) is 11.4. The summed E-state index contributed by atoms with van der Waals surface area (Å²) >= 11 is 1.45. The largest absolute Gasteiger partial charge is 0.464 e. The summed E-state index contributed by atoms with van der Waals surface area (Å²) in [5, 5.41) is 8.32. The molecule has 0 aliphatic carbocycles. The molecule has 2 N–H and O–H groups in total. The molecule has 0 saturated carbocycles. The van der Waals surface area contributed by atoms with Gasteiger partial charge in [0, 0.05) is 106 Å². The fourth-order valence-electron chi connectivity index (χ4n) is 10.5. The first-order valence-corrected chi connectivity index (χ1v) is 24.7. The number of ether oxygens (including phenoxy) is 3. The molecule has 1 aromatic carbocycles. The van der Waals surface area contributed by atoms with Crippen molar-refractivity contribution in [2.75, 3.05) is 77.6 Å². The van der Waals surface area contributed by atoms with E-state index in [0.29, 0.717) is 69.3 Å². The number of pyridine rings is 1. The van der Waals surface area contributed by atoms with E-state index in [1.54, 1.807) is 12.0 Å². The number of carbonyl (C=O) groups excluding carboxylic acids is 4. The highest BCUT2D eigenvalue weighted by Gasteiger charge is 2.38. The number of esters is 1. The second-order valence-corrected chi connectivity index (χ2v) is 20.4. The molecular weight excluding hydrogens is 859 g/mol. The quantitative estimate of drug-likeness (QED) is 0.240. The first kappa shape index (κ1) is 46.2. The lowest BCUT2D eigenvalue weighted by atomic mass is 9.84.